The first kappa shape index (κ1) is 20.2. The van der Waals surface area contributed by atoms with Crippen molar-refractivity contribution in [2.45, 2.75) is 40.2 Å². The molecule has 1 saturated heterocycles. The number of rotatable bonds is 5. The third-order valence-corrected chi connectivity index (χ3v) is 5.33. The van der Waals surface area contributed by atoms with Gasteiger partial charge in [0.05, 0.1) is 25.2 Å². The summed E-state index contributed by atoms with van der Waals surface area (Å²) >= 11 is 0. The van der Waals surface area contributed by atoms with Crippen LogP contribution < -0.4 is 15.0 Å². The van der Waals surface area contributed by atoms with Crippen LogP contribution >= 0.6 is 0 Å². The lowest BCUT2D eigenvalue weighted by Crippen LogP contribution is -2.39. The monoisotopic (exact) mass is 386 g/mol. The molecule has 0 aliphatic carbocycles. The van der Waals surface area contributed by atoms with Crippen LogP contribution in [-0.2, 0) is 6.54 Å². The van der Waals surface area contributed by atoms with Crippen molar-refractivity contribution in [2.24, 2.45) is 11.8 Å². The maximum atomic E-state index is 13.4. The molecule has 2 heterocycles. The van der Waals surface area contributed by atoms with E-state index in [1.54, 1.807) is 37.1 Å². The highest BCUT2D eigenvalue weighted by molar-refractivity contribution is 6.07. The number of benzene rings is 1. The Balaban J connectivity index is 2.22. The van der Waals surface area contributed by atoms with Gasteiger partial charge in [-0.05, 0) is 36.8 Å². The lowest BCUT2D eigenvalue weighted by atomic mass is 9.98. The van der Waals surface area contributed by atoms with E-state index in [9.17, 15) is 9.59 Å². The third-order valence-electron chi connectivity index (χ3n) is 5.33. The standard InChI is InChI=1S/C22H30N2O4/c1-14(2)11-24-13-18(22(26)23-8-6-7-15(3)12-23)16-9-19(27-4)20(28-5)10-17(16)21(24)25/h9-10,13-15H,6-8,11-12H2,1-5H3. The smallest absolute Gasteiger partial charge is 0.258 e. The number of likely N-dealkylation sites (tertiary alicyclic amines) is 1. The fraction of sp³-hybridized carbons (Fsp3) is 0.545. The van der Waals surface area contributed by atoms with E-state index in [4.69, 9.17) is 9.47 Å². The highest BCUT2D eigenvalue weighted by atomic mass is 16.5. The van der Waals surface area contributed by atoms with Crippen LogP contribution in [-0.4, -0.2) is 42.7 Å². The van der Waals surface area contributed by atoms with Crippen molar-refractivity contribution in [1.29, 1.82) is 0 Å². The summed E-state index contributed by atoms with van der Waals surface area (Å²) in [6.07, 6.45) is 3.87. The van der Waals surface area contributed by atoms with E-state index in [2.05, 4.69) is 20.8 Å². The van der Waals surface area contributed by atoms with E-state index in [0.717, 1.165) is 25.9 Å². The van der Waals surface area contributed by atoms with Gasteiger partial charge < -0.3 is 18.9 Å². The molecule has 1 aromatic carbocycles. The molecule has 1 aliphatic rings. The zero-order valence-electron chi connectivity index (χ0n) is 17.4. The Morgan fingerprint density at radius 3 is 2.39 bits per heavy atom. The fourth-order valence-electron chi connectivity index (χ4n) is 3.96. The molecule has 0 bridgehead atoms. The van der Waals surface area contributed by atoms with Crippen molar-refractivity contribution in [3.8, 4) is 11.5 Å². The number of hydrogen-bond donors (Lipinski definition) is 0. The number of amides is 1. The molecule has 1 amide bonds. The molecule has 2 aromatic rings. The topological polar surface area (TPSA) is 60.8 Å². The van der Waals surface area contributed by atoms with Gasteiger partial charge >= 0.3 is 0 Å². The first-order valence-corrected chi connectivity index (χ1v) is 9.94. The Kier molecular flexibility index (Phi) is 5.96. The molecule has 1 atom stereocenters. The van der Waals surface area contributed by atoms with Crippen LogP contribution in [0.4, 0.5) is 0 Å². The number of aromatic nitrogens is 1. The van der Waals surface area contributed by atoms with Gasteiger partial charge in [0.15, 0.2) is 11.5 Å². The van der Waals surface area contributed by atoms with Crippen molar-refractivity contribution in [3.05, 3.63) is 34.2 Å². The second-order valence-corrected chi connectivity index (χ2v) is 8.15. The molecule has 1 aromatic heterocycles. The second kappa shape index (κ2) is 8.25. The molecule has 1 unspecified atom stereocenters. The SMILES string of the molecule is COc1cc2c(C(=O)N3CCCC(C)C3)cn(CC(C)C)c(=O)c2cc1OC. The van der Waals surface area contributed by atoms with Crippen LogP contribution in [0.2, 0.25) is 0 Å². The molecule has 152 valence electrons. The zero-order valence-corrected chi connectivity index (χ0v) is 17.4. The first-order valence-electron chi connectivity index (χ1n) is 9.94. The Morgan fingerprint density at radius 1 is 1.18 bits per heavy atom. The van der Waals surface area contributed by atoms with Gasteiger partial charge in [0, 0.05) is 31.2 Å². The average Bonchev–Trinajstić information content (AvgIpc) is 2.68. The van der Waals surface area contributed by atoms with Crippen LogP contribution in [0.3, 0.4) is 0 Å². The van der Waals surface area contributed by atoms with E-state index in [1.807, 2.05) is 4.90 Å². The summed E-state index contributed by atoms with van der Waals surface area (Å²) in [5.41, 5.74) is 0.429. The number of fused-ring (bicyclic) bond motifs is 1. The Hall–Kier alpha value is -2.50. The van der Waals surface area contributed by atoms with Crippen LogP contribution in [0.5, 0.6) is 11.5 Å². The predicted molar refractivity (Wildman–Crippen MR) is 110 cm³/mol. The largest absolute Gasteiger partial charge is 0.493 e. The summed E-state index contributed by atoms with van der Waals surface area (Å²) in [4.78, 5) is 28.4. The van der Waals surface area contributed by atoms with Crippen molar-refractivity contribution < 1.29 is 14.3 Å². The molecule has 1 aliphatic heterocycles. The minimum Gasteiger partial charge on any atom is -0.493 e. The first-order chi connectivity index (χ1) is 13.3. The lowest BCUT2D eigenvalue weighted by Gasteiger charge is -2.31. The Morgan fingerprint density at radius 2 is 1.82 bits per heavy atom. The van der Waals surface area contributed by atoms with Gasteiger partial charge in [0.1, 0.15) is 0 Å². The van der Waals surface area contributed by atoms with Gasteiger partial charge in [0.25, 0.3) is 11.5 Å². The number of hydrogen-bond acceptors (Lipinski definition) is 4. The maximum Gasteiger partial charge on any atom is 0.258 e. The average molecular weight is 386 g/mol. The molecular weight excluding hydrogens is 356 g/mol. The second-order valence-electron chi connectivity index (χ2n) is 8.15. The fourth-order valence-corrected chi connectivity index (χ4v) is 3.96. The molecular formula is C22H30N2O4. The van der Waals surface area contributed by atoms with Gasteiger partial charge in [-0.1, -0.05) is 20.8 Å². The van der Waals surface area contributed by atoms with Crippen molar-refractivity contribution in [3.63, 3.8) is 0 Å². The quantitative estimate of drug-likeness (QED) is 0.788. The van der Waals surface area contributed by atoms with E-state index in [0.29, 0.717) is 40.3 Å². The summed E-state index contributed by atoms with van der Waals surface area (Å²) in [5, 5.41) is 1.10. The summed E-state index contributed by atoms with van der Waals surface area (Å²) < 4.78 is 12.5. The van der Waals surface area contributed by atoms with Crippen molar-refractivity contribution in [2.75, 3.05) is 27.3 Å². The minimum atomic E-state index is -0.117. The Bertz CT molecular complexity index is 932. The molecule has 0 spiro atoms. The summed E-state index contributed by atoms with van der Waals surface area (Å²) in [5.74, 6) is 1.74. The van der Waals surface area contributed by atoms with E-state index in [-0.39, 0.29) is 17.4 Å². The molecule has 0 saturated carbocycles. The number of ether oxygens (including phenoxy) is 2. The van der Waals surface area contributed by atoms with E-state index in [1.165, 1.54) is 0 Å². The molecule has 6 nitrogen and oxygen atoms in total. The van der Waals surface area contributed by atoms with Gasteiger partial charge in [0.2, 0.25) is 0 Å². The highest BCUT2D eigenvalue weighted by Gasteiger charge is 2.25. The minimum absolute atomic E-state index is 0.0266. The van der Waals surface area contributed by atoms with Gasteiger partial charge in [-0.3, -0.25) is 9.59 Å². The molecule has 6 heteroatoms. The molecule has 0 radical (unpaired) electrons. The van der Waals surface area contributed by atoms with Gasteiger partial charge in [-0.2, -0.15) is 0 Å². The van der Waals surface area contributed by atoms with E-state index >= 15 is 0 Å². The number of carbonyl (C=O) groups is 1. The van der Waals surface area contributed by atoms with Crippen LogP contribution in [0.1, 0.15) is 44.0 Å². The van der Waals surface area contributed by atoms with Crippen LogP contribution in [0.15, 0.2) is 23.1 Å². The third kappa shape index (κ3) is 3.86. The van der Waals surface area contributed by atoms with E-state index < -0.39 is 0 Å². The molecule has 3 rings (SSSR count). The number of pyridine rings is 1. The Labute approximate surface area is 166 Å². The number of nitrogens with zero attached hydrogens (tertiary/aromatic N) is 2. The van der Waals surface area contributed by atoms with Crippen LogP contribution in [0.25, 0.3) is 10.8 Å². The van der Waals surface area contributed by atoms with Crippen molar-refractivity contribution >= 4 is 16.7 Å². The maximum absolute atomic E-state index is 13.4. The van der Waals surface area contributed by atoms with Crippen LogP contribution in [0, 0.1) is 11.8 Å². The molecule has 28 heavy (non-hydrogen) atoms. The number of methoxy groups -OCH3 is 2. The van der Waals surface area contributed by atoms with Gasteiger partial charge in [-0.15, -0.1) is 0 Å². The van der Waals surface area contributed by atoms with Crippen molar-refractivity contribution in [1.82, 2.24) is 9.47 Å². The predicted octanol–water partition coefficient (Wildman–Crippen LogP) is 3.55. The summed E-state index contributed by atoms with van der Waals surface area (Å²) in [6.45, 7) is 8.33. The zero-order chi connectivity index (χ0) is 20.4. The molecule has 1 fully saturated rings. The van der Waals surface area contributed by atoms with Gasteiger partial charge in [-0.25, -0.2) is 0 Å². The molecule has 0 N–H and O–H groups in total. The number of carbonyl (C=O) groups excluding carboxylic acids is 1. The summed E-state index contributed by atoms with van der Waals surface area (Å²) in [7, 11) is 3.10. The highest BCUT2D eigenvalue weighted by Crippen LogP contribution is 2.33. The summed E-state index contributed by atoms with van der Waals surface area (Å²) in [6, 6.07) is 3.43. The number of piperidine rings is 1. The lowest BCUT2D eigenvalue weighted by molar-refractivity contribution is 0.0684. The normalized spacial score (nSPS) is 17.2.